The van der Waals surface area contributed by atoms with Gasteiger partial charge in [-0.1, -0.05) is 30.3 Å². The molecule has 0 saturated heterocycles. The SMILES string of the molecule is COC(=O)C1=CC(c2ccccc2)=CS1(=O)=O. The van der Waals surface area contributed by atoms with E-state index in [1.165, 1.54) is 6.08 Å². The standard InChI is InChI=1S/C12H10O4S/c1-16-12(13)11-7-10(8-17(11,14)15)9-5-3-2-4-6-9/h2-8H,1H3. The minimum atomic E-state index is -3.67. The number of sulfone groups is 1. The van der Waals surface area contributed by atoms with E-state index >= 15 is 0 Å². The summed E-state index contributed by atoms with van der Waals surface area (Å²) in [6.07, 6.45) is 1.33. The number of carbonyl (C=O) groups excluding carboxylic acids is 1. The van der Waals surface area contributed by atoms with Gasteiger partial charge in [-0.15, -0.1) is 0 Å². The molecular formula is C12H10O4S. The average Bonchev–Trinajstić information content (AvgIpc) is 2.65. The zero-order valence-electron chi connectivity index (χ0n) is 9.08. The van der Waals surface area contributed by atoms with Crippen molar-refractivity contribution in [3.8, 4) is 0 Å². The molecule has 0 radical (unpaired) electrons. The first kappa shape index (κ1) is 11.6. The summed E-state index contributed by atoms with van der Waals surface area (Å²) in [5.74, 6) is -0.841. The van der Waals surface area contributed by atoms with E-state index in [0.717, 1.165) is 18.1 Å². The smallest absolute Gasteiger partial charge is 0.349 e. The van der Waals surface area contributed by atoms with Crippen LogP contribution in [0.15, 0.2) is 46.7 Å². The Hall–Kier alpha value is -1.88. The highest BCUT2D eigenvalue weighted by molar-refractivity contribution is 7.99. The third-order valence-corrected chi connectivity index (χ3v) is 3.83. The topological polar surface area (TPSA) is 60.4 Å². The molecule has 1 aromatic rings. The van der Waals surface area contributed by atoms with Gasteiger partial charge in [0.25, 0.3) is 0 Å². The molecule has 88 valence electrons. The second kappa shape index (κ2) is 4.18. The first-order chi connectivity index (χ1) is 8.04. The van der Waals surface area contributed by atoms with Crippen molar-refractivity contribution >= 4 is 21.4 Å². The number of esters is 1. The van der Waals surface area contributed by atoms with Crippen LogP contribution in [0, 0.1) is 0 Å². The summed E-state index contributed by atoms with van der Waals surface area (Å²) in [4.78, 5) is 11.0. The van der Waals surface area contributed by atoms with Gasteiger partial charge in [0, 0.05) is 5.41 Å². The third kappa shape index (κ3) is 2.14. The number of methoxy groups -OCH3 is 1. The van der Waals surface area contributed by atoms with E-state index in [2.05, 4.69) is 4.74 Å². The fraction of sp³-hybridized carbons (Fsp3) is 0.0833. The molecule has 17 heavy (non-hydrogen) atoms. The molecule has 1 aliphatic heterocycles. The monoisotopic (exact) mass is 250 g/mol. The Labute approximate surface area is 99.1 Å². The molecular weight excluding hydrogens is 240 g/mol. The summed E-state index contributed by atoms with van der Waals surface area (Å²) >= 11 is 0. The largest absolute Gasteiger partial charge is 0.465 e. The molecule has 0 amide bonds. The van der Waals surface area contributed by atoms with Crippen LogP contribution in [0.4, 0.5) is 0 Å². The Morgan fingerprint density at radius 3 is 2.41 bits per heavy atom. The third-order valence-electron chi connectivity index (χ3n) is 2.37. The predicted octanol–water partition coefficient (Wildman–Crippen LogP) is 1.51. The quantitative estimate of drug-likeness (QED) is 0.746. The van der Waals surface area contributed by atoms with Gasteiger partial charge in [0.2, 0.25) is 9.84 Å². The van der Waals surface area contributed by atoms with Crippen LogP contribution in [0.3, 0.4) is 0 Å². The summed E-state index contributed by atoms with van der Waals surface area (Å²) in [6.45, 7) is 0. The van der Waals surface area contributed by atoms with Crippen molar-refractivity contribution in [2.75, 3.05) is 7.11 Å². The molecule has 0 fully saturated rings. The summed E-state index contributed by atoms with van der Waals surface area (Å²) < 4.78 is 27.8. The van der Waals surface area contributed by atoms with Crippen LogP contribution >= 0.6 is 0 Å². The van der Waals surface area contributed by atoms with Gasteiger partial charge >= 0.3 is 5.97 Å². The second-order valence-electron chi connectivity index (χ2n) is 3.48. The van der Waals surface area contributed by atoms with E-state index in [9.17, 15) is 13.2 Å². The zero-order valence-corrected chi connectivity index (χ0v) is 9.90. The Morgan fingerprint density at radius 2 is 1.82 bits per heavy atom. The summed E-state index contributed by atoms with van der Waals surface area (Å²) in [5, 5.41) is 1.08. The normalized spacial score (nSPS) is 17.2. The molecule has 1 heterocycles. The minimum Gasteiger partial charge on any atom is -0.465 e. The van der Waals surface area contributed by atoms with E-state index < -0.39 is 15.8 Å². The molecule has 0 atom stereocenters. The molecule has 5 heteroatoms. The highest BCUT2D eigenvalue weighted by atomic mass is 32.2. The Kier molecular flexibility index (Phi) is 2.85. The molecule has 0 aliphatic carbocycles. The zero-order chi connectivity index (χ0) is 12.5. The lowest BCUT2D eigenvalue weighted by Gasteiger charge is -1.97. The fourth-order valence-electron chi connectivity index (χ4n) is 1.55. The van der Waals surface area contributed by atoms with Crippen LogP contribution in [-0.4, -0.2) is 21.5 Å². The van der Waals surface area contributed by atoms with E-state index in [-0.39, 0.29) is 4.91 Å². The van der Waals surface area contributed by atoms with Crippen LogP contribution in [0.5, 0.6) is 0 Å². The number of carbonyl (C=O) groups is 1. The van der Waals surface area contributed by atoms with Crippen molar-refractivity contribution in [3.63, 3.8) is 0 Å². The van der Waals surface area contributed by atoms with Crippen molar-refractivity contribution in [1.29, 1.82) is 0 Å². The number of hydrogen-bond donors (Lipinski definition) is 0. The van der Waals surface area contributed by atoms with Crippen molar-refractivity contribution < 1.29 is 17.9 Å². The molecule has 4 nitrogen and oxygen atoms in total. The number of hydrogen-bond acceptors (Lipinski definition) is 4. The number of benzene rings is 1. The number of allylic oxidation sites excluding steroid dienone is 2. The Balaban J connectivity index is 2.48. The van der Waals surface area contributed by atoms with Crippen molar-refractivity contribution in [3.05, 3.63) is 52.3 Å². The van der Waals surface area contributed by atoms with Gasteiger partial charge in [-0.2, -0.15) is 0 Å². The van der Waals surface area contributed by atoms with Gasteiger partial charge < -0.3 is 4.74 Å². The van der Waals surface area contributed by atoms with Crippen LogP contribution in [0.1, 0.15) is 5.56 Å². The molecule has 0 N–H and O–H groups in total. The summed E-state index contributed by atoms with van der Waals surface area (Å²) in [6, 6.07) is 8.98. The van der Waals surface area contributed by atoms with Gasteiger partial charge in [-0.25, -0.2) is 13.2 Å². The second-order valence-corrected chi connectivity index (χ2v) is 5.25. The Bertz CT molecular complexity index is 609. The molecule has 2 rings (SSSR count). The lowest BCUT2D eigenvalue weighted by molar-refractivity contribution is -0.135. The van der Waals surface area contributed by atoms with Crippen molar-refractivity contribution in [2.24, 2.45) is 0 Å². The minimum absolute atomic E-state index is 0.321. The molecule has 0 aromatic heterocycles. The average molecular weight is 250 g/mol. The summed E-state index contributed by atoms with van der Waals surface area (Å²) in [5.41, 5.74) is 1.24. The molecule has 0 unspecified atom stereocenters. The number of rotatable bonds is 2. The van der Waals surface area contributed by atoms with E-state index in [1.807, 2.05) is 6.07 Å². The Morgan fingerprint density at radius 1 is 1.18 bits per heavy atom. The van der Waals surface area contributed by atoms with Gasteiger partial charge in [-0.05, 0) is 17.2 Å². The summed E-state index contributed by atoms with van der Waals surface area (Å²) in [7, 11) is -2.52. The molecule has 1 aromatic carbocycles. The van der Waals surface area contributed by atoms with Gasteiger partial charge in [0.1, 0.15) is 0 Å². The maximum absolute atomic E-state index is 11.7. The van der Waals surface area contributed by atoms with Gasteiger partial charge in [0.05, 0.1) is 7.11 Å². The van der Waals surface area contributed by atoms with Crippen LogP contribution in [0.2, 0.25) is 0 Å². The number of ether oxygens (including phenoxy) is 1. The first-order valence-corrected chi connectivity index (χ1v) is 6.41. The van der Waals surface area contributed by atoms with Crippen LogP contribution in [-0.2, 0) is 19.4 Å². The van der Waals surface area contributed by atoms with Crippen molar-refractivity contribution in [2.45, 2.75) is 0 Å². The van der Waals surface area contributed by atoms with E-state index in [1.54, 1.807) is 24.3 Å². The van der Waals surface area contributed by atoms with E-state index in [0.29, 0.717) is 5.57 Å². The molecule has 0 bridgehead atoms. The van der Waals surface area contributed by atoms with Crippen LogP contribution in [0.25, 0.3) is 5.57 Å². The lowest BCUT2D eigenvalue weighted by Crippen LogP contribution is -2.10. The van der Waals surface area contributed by atoms with E-state index in [4.69, 9.17) is 0 Å². The lowest BCUT2D eigenvalue weighted by atomic mass is 10.1. The molecule has 1 aliphatic rings. The highest BCUT2D eigenvalue weighted by Gasteiger charge is 2.29. The highest BCUT2D eigenvalue weighted by Crippen LogP contribution is 2.29. The maximum Gasteiger partial charge on any atom is 0.349 e. The molecule has 0 spiro atoms. The van der Waals surface area contributed by atoms with Gasteiger partial charge in [-0.3, -0.25) is 0 Å². The fourth-order valence-corrected chi connectivity index (χ4v) is 2.82. The van der Waals surface area contributed by atoms with Crippen molar-refractivity contribution in [1.82, 2.24) is 0 Å². The molecule has 0 saturated carbocycles. The van der Waals surface area contributed by atoms with Gasteiger partial charge in [0.15, 0.2) is 4.91 Å². The van der Waals surface area contributed by atoms with Crippen LogP contribution < -0.4 is 0 Å². The predicted molar refractivity (Wildman–Crippen MR) is 63.4 cm³/mol. The maximum atomic E-state index is 11.7. The first-order valence-electron chi connectivity index (χ1n) is 4.87.